The van der Waals surface area contributed by atoms with Gasteiger partial charge in [0.25, 0.3) is 0 Å². The van der Waals surface area contributed by atoms with E-state index >= 15 is 0 Å². The van der Waals surface area contributed by atoms with Crippen LogP contribution in [-0.4, -0.2) is 46.8 Å². The van der Waals surface area contributed by atoms with E-state index in [-0.39, 0.29) is 24.0 Å². The van der Waals surface area contributed by atoms with Gasteiger partial charge in [-0.3, -0.25) is 0 Å². The quantitative estimate of drug-likeness (QED) is 0.799. The van der Waals surface area contributed by atoms with Crippen molar-refractivity contribution in [1.82, 2.24) is 15.2 Å². The summed E-state index contributed by atoms with van der Waals surface area (Å²) in [6.07, 6.45) is 3.16. The van der Waals surface area contributed by atoms with Gasteiger partial charge < -0.3 is 5.11 Å². The van der Waals surface area contributed by atoms with Gasteiger partial charge in [0.05, 0.1) is 30.0 Å². The van der Waals surface area contributed by atoms with E-state index in [2.05, 4.69) is 15.2 Å². The Kier molecular flexibility index (Phi) is 3.68. The van der Waals surface area contributed by atoms with E-state index in [9.17, 15) is 8.42 Å². The number of hydrogen-bond acceptors (Lipinski definition) is 6. The second-order valence-corrected chi connectivity index (χ2v) is 6.50. The molecule has 1 N–H and O–H groups in total. The molecule has 0 aliphatic carbocycles. The van der Waals surface area contributed by atoms with Gasteiger partial charge in [-0.1, -0.05) is 0 Å². The van der Waals surface area contributed by atoms with Gasteiger partial charge in [-0.15, -0.1) is 5.10 Å². The molecule has 0 atom stereocenters. The van der Waals surface area contributed by atoms with Crippen molar-refractivity contribution in [3.05, 3.63) is 17.7 Å². The van der Waals surface area contributed by atoms with Gasteiger partial charge >= 0.3 is 0 Å². The third-order valence-electron chi connectivity index (χ3n) is 2.93. The summed E-state index contributed by atoms with van der Waals surface area (Å²) < 4.78 is 22.6. The van der Waals surface area contributed by atoms with Crippen LogP contribution in [0.1, 0.15) is 30.3 Å². The summed E-state index contributed by atoms with van der Waals surface area (Å²) in [5.41, 5.74) is 0.790. The summed E-state index contributed by atoms with van der Waals surface area (Å²) in [5.74, 6) is 1.10. The molecule has 1 aromatic rings. The first-order valence-corrected chi connectivity index (χ1v) is 7.42. The maximum atomic E-state index is 11.3. The topological polar surface area (TPSA) is 93.0 Å². The molecule has 0 saturated carbocycles. The SMILES string of the molecule is O=S1(=O)CCC(c2cnnc(CCO)n2)CC1. The Bertz CT molecular complexity index is 475. The average molecular weight is 257 g/mol. The first-order chi connectivity index (χ1) is 8.11. The Morgan fingerprint density at radius 3 is 2.71 bits per heavy atom. The molecular weight excluding hydrogens is 242 g/mol. The predicted octanol–water partition coefficient (Wildman–Crippen LogP) is -0.301. The van der Waals surface area contributed by atoms with Crippen LogP contribution in [0.25, 0.3) is 0 Å². The fraction of sp³-hybridized carbons (Fsp3) is 0.700. The predicted molar refractivity (Wildman–Crippen MR) is 61.2 cm³/mol. The van der Waals surface area contributed by atoms with Crippen LogP contribution in [0.2, 0.25) is 0 Å². The molecule has 1 saturated heterocycles. The van der Waals surface area contributed by atoms with Crippen molar-refractivity contribution in [3.8, 4) is 0 Å². The van der Waals surface area contributed by atoms with Crippen molar-refractivity contribution in [2.75, 3.05) is 18.1 Å². The van der Waals surface area contributed by atoms with Crippen molar-refractivity contribution >= 4 is 9.84 Å². The normalized spacial score (nSPS) is 20.3. The zero-order valence-corrected chi connectivity index (χ0v) is 10.2. The minimum atomic E-state index is -2.85. The van der Waals surface area contributed by atoms with Gasteiger partial charge in [0, 0.05) is 12.3 Å². The van der Waals surface area contributed by atoms with Crippen LogP contribution < -0.4 is 0 Å². The van der Waals surface area contributed by atoms with Crippen molar-refractivity contribution in [2.24, 2.45) is 0 Å². The molecule has 94 valence electrons. The van der Waals surface area contributed by atoms with Gasteiger partial charge in [0.2, 0.25) is 0 Å². The summed E-state index contributed by atoms with van der Waals surface area (Å²) in [5, 5.41) is 16.5. The van der Waals surface area contributed by atoms with Crippen LogP contribution in [0.15, 0.2) is 6.20 Å². The Balaban J connectivity index is 2.10. The maximum absolute atomic E-state index is 11.3. The summed E-state index contributed by atoms with van der Waals surface area (Å²) in [7, 11) is -2.85. The first-order valence-electron chi connectivity index (χ1n) is 5.60. The van der Waals surface area contributed by atoms with Crippen molar-refractivity contribution in [3.63, 3.8) is 0 Å². The molecule has 1 fully saturated rings. The molecule has 0 bridgehead atoms. The Labute approximate surface area is 100 Å². The Morgan fingerprint density at radius 1 is 1.35 bits per heavy atom. The van der Waals surface area contributed by atoms with E-state index in [0.717, 1.165) is 5.69 Å². The highest BCUT2D eigenvalue weighted by Crippen LogP contribution is 2.27. The van der Waals surface area contributed by atoms with Crippen LogP contribution in [-0.2, 0) is 16.3 Å². The number of nitrogens with zero attached hydrogens (tertiary/aromatic N) is 3. The maximum Gasteiger partial charge on any atom is 0.153 e. The van der Waals surface area contributed by atoms with Crippen molar-refractivity contribution in [1.29, 1.82) is 0 Å². The first kappa shape index (κ1) is 12.4. The lowest BCUT2D eigenvalue weighted by Crippen LogP contribution is -2.23. The monoisotopic (exact) mass is 257 g/mol. The van der Waals surface area contributed by atoms with E-state index in [1.807, 2.05) is 0 Å². The van der Waals surface area contributed by atoms with Crippen LogP contribution in [0, 0.1) is 0 Å². The van der Waals surface area contributed by atoms with E-state index < -0.39 is 9.84 Å². The lowest BCUT2D eigenvalue weighted by molar-refractivity contribution is 0.295. The number of aliphatic hydroxyl groups is 1. The summed E-state index contributed by atoms with van der Waals surface area (Å²) in [4.78, 5) is 4.31. The standard InChI is InChI=1S/C10H15N3O3S/c14-4-1-10-12-9(7-11-13-10)8-2-5-17(15,16)6-3-8/h7-8,14H,1-6H2. The largest absolute Gasteiger partial charge is 0.396 e. The zero-order chi connectivity index (χ0) is 12.3. The number of hydrogen-bond donors (Lipinski definition) is 1. The Hall–Kier alpha value is -1.08. The molecule has 17 heavy (non-hydrogen) atoms. The number of sulfone groups is 1. The second kappa shape index (κ2) is 5.05. The third kappa shape index (κ3) is 3.19. The fourth-order valence-electron chi connectivity index (χ4n) is 1.94. The number of aliphatic hydroxyl groups excluding tert-OH is 1. The van der Waals surface area contributed by atoms with Gasteiger partial charge in [0.15, 0.2) is 5.82 Å². The molecule has 1 aliphatic rings. The van der Waals surface area contributed by atoms with E-state index in [0.29, 0.717) is 25.1 Å². The highest BCUT2D eigenvalue weighted by atomic mass is 32.2. The molecule has 7 heteroatoms. The molecule has 0 unspecified atom stereocenters. The molecule has 1 aliphatic heterocycles. The molecule has 0 radical (unpaired) electrons. The summed E-state index contributed by atoms with van der Waals surface area (Å²) in [6.45, 7) is -0.00974. The van der Waals surface area contributed by atoms with Gasteiger partial charge in [0.1, 0.15) is 9.84 Å². The molecule has 0 spiro atoms. The molecule has 0 aromatic carbocycles. The fourth-order valence-corrected chi connectivity index (χ4v) is 3.43. The highest BCUT2D eigenvalue weighted by Gasteiger charge is 2.25. The van der Waals surface area contributed by atoms with E-state index in [1.54, 1.807) is 6.20 Å². The van der Waals surface area contributed by atoms with Crippen LogP contribution in [0.4, 0.5) is 0 Å². The van der Waals surface area contributed by atoms with Crippen LogP contribution in [0.5, 0.6) is 0 Å². The summed E-state index contributed by atoms with van der Waals surface area (Å²) in [6, 6.07) is 0. The minimum Gasteiger partial charge on any atom is -0.396 e. The van der Waals surface area contributed by atoms with Crippen molar-refractivity contribution < 1.29 is 13.5 Å². The van der Waals surface area contributed by atoms with Crippen LogP contribution in [0.3, 0.4) is 0 Å². The van der Waals surface area contributed by atoms with Gasteiger partial charge in [-0.05, 0) is 12.8 Å². The second-order valence-electron chi connectivity index (χ2n) is 4.20. The smallest absolute Gasteiger partial charge is 0.153 e. The van der Waals surface area contributed by atoms with E-state index in [1.165, 1.54) is 0 Å². The lowest BCUT2D eigenvalue weighted by atomic mass is 9.99. The highest BCUT2D eigenvalue weighted by molar-refractivity contribution is 7.91. The molecular formula is C10H15N3O3S. The zero-order valence-electron chi connectivity index (χ0n) is 9.41. The lowest BCUT2D eigenvalue weighted by Gasteiger charge is -2.21. The molecule has 0 amide bonds. The molecule has 6 nitrogen and oxygen atoms in total. The number of rotatable bonds is 3. The summed E-state index contributed by atoms with van der Waals surface area (Å²) >= 11 is 0. The molecule has 2 heterocycles. The molecule has 2 rings (SSSR count). The average Bonchev–Trinajstić information content (AvgIpc) is 2.30. The van der Waals surface area contributed by atoms with Gasteiger partial charge in [-0.2, -0.15) is 5.10 Å². The van der Waals surface area contributed by atoms with E-state index in [4.69, 9.17) is 5.11 Å². The number of aromatic nitrogens is 3. The minimum absolute atomic E-state index is 0.00974. The Morgan fingerprint density at radius 2 is 2.06 bits per heavy atom. The van der Waals surface area contributed by atoms with Gasteiger partial charge in [-0.25, -0.2) is 13.4 Å². The van der Waals surface area contributed by atoms with Crippen LogP contribution >= 0.6 is 0 Å². The van der Waals surface area contributed by atoms with Crippen molar-refractivity contribution in [2.45, 2.75) is 25.2 Å². The third-order valence-corrected chi connectivity index (χ3v) is 4.65. The molecule has 1 aromatic heterocycles.